The van der Waals surface area contributed by atoms with Gasteiger partial charge in [0.2, 0.25) is 5.89 Å². The molecule has 0 spiro atoms. The molecule has 0 saturated heterocycles. The molecule has 1 aromatic rings. The van der Waals surface area contributed by atoms with Crippen LogP contribution in [0.2, 0.25) is 0 Å². The maximum atomic E-state index is 5.53. The highest BCUT2D eigenvalue weighted by Crippen LogP contribution is 2.34. The van der Waals surface area contributed by atoms with Crippen molar-refractivity contribution in [1.29, 1.82) is 0 Å². The number of nitrogens with one attached hydrogen (secondary N) is 2. The van der Waals surface area contributed by atoms with E-state index in [1.165, 1.54) is 19.3 Å². The van der Waals surface area contributed by atoms with Crippen molar-refractivity contribution in [3.8, 4) is 0 Å². The Morgan fingerprint density at radius 3 is 2.84 bits per heavy atom. The number of nitrogens with zero attached hydrogens (tertiary/aromatic N) is 2. The maximum absolute atomic E-state index is 5.53. The van der Waals surface area contributed by atoms with E-state index in [2.05, 4.69) is 27.5 Å². The van der Waals surface area contributed by atoms with Crippen molar-refractivity contribution in [3.05, 3.63) is 17.3 Å². The first kappa shape index (κ1) is 13.9. The zero-order valence-electron chi connectivity index (χ0n) is 12.3. The number of rotatable bonds is 5. The molecule has 106 valence electrons. The first-order valence-corrected chi connectivity index (χ1v) is 7.04. The van der Waals surface area contributed by atoms with Crippen molar-refractivity contribution in [2.45, 2.75) is 52.6 Å². The number of aromatic nitrogens is 1. The Hall–Kier alpha value is -1.52. The van der Waals surface area contributed by atoms with E-state index in [0.29, 0.717) is 18.5 Å². The van der Waals surface area contributed by atoms with Crippen LogP contribution in [-0.4, -0.2) is 24.0 Å². The van der Waals surface area contributed by atoms with E-state index >= 15 is 0 Å². The molecule has 0 aliphatic heterocycles. The third-order valence-electron chi connectivity index (χ3n) is 3.61. The number of guanidine groups is 1. The second kappa shape index (κ2) is 6.08. The fourth-order valence-electron chi connectivity index (χ4n) is 2.26. The second-order valence-corrected chi connectivity index (χ2v) is 5.21. The second-order valence-electron chi connectivity index (χ2n) is 5.21. The summed E-state index contributed by atoms with van der Waals surface area (Å²) in [6, 6.07) is 0.583. The molecule has 1 aliphatic rings. The average Bonchev–Trinajstić information content (AvgIpc) is 3.03. The lowest BCUT2D eigenvalue weighted by molar-refractivity contribution is 0.463. The minimum atomic E-state index is 0.569. The lowest BCUT2D eigenvalue weighted by Gasteiger charge is -2.10. The summed E-state index contributed by atoms with van der Waals surface area (Å²) in [5, 5.41) is 6.68. The van der Waals surface area contributed by atoms with Crippen LogP contribution in [0.25, 0.3) is 0 Å². The number of aliphatic imine (C=N–C) groups is 1. The minimum Gasteiger partial charge on any atom is -0.444 e. The van der Waals surface area contributed by atoms with Crippen LogP contribution in [0, 0.1) is 19.8 Å². The molecule has 2 rings (SSSR count). The normalized spacial score (nSPS) is 22.4. The predicted molar refractivity (Wildman–Crippen MR) is 76.1 cm³/mol. The van der Waals surface area contributed by atoms with Crippen LogP contribution < -0.4 is 10.6 Å². The molecule has 1 heterocycles. The van der Waals surface area contributed by atoms with Gasteiger partial charge in [-0.25, -0.2) is 4.98 Å². The molecule has 2 N–H and O–H groups in total. The molecular weight excluding hydrogens is 240 g/mol. The van der Waals surface area contributed by atoms with Gasteiger partial charge in [-0.2, -0.15) is 0 Å². The maximum Gasteiger partial charge on any atom is 0.214 e. The minimum absolute atomic E-state index is 0.569. The summed E-state index contributed by atoms with van der Waals surface area (Å²) in [4.78, 5) is 8.58. The summed E-state index contributed by atoms with van der Waals surface area (Å²) in [7, 11) is 1.79. The molecule has 0 radical (unpaired) electrons. The zero-order valence-corrected chi connectivity index (χ0v) is 12.3. The Bertz CT molecular complexity index is 433. The molecule has 0 aromatic carbocycles. The summed E-state index contributed by atoms with van der Waals surface area (Å²) in [5.41, 5.74) is 0.949. The van der Waals surface area contributed by atoms with Crippen LogP contribution in [0.3, 0.4) is 0 Å². The summed E-state index contributed by atoms with van der Waals surface area (Å²) in [5.74, 6) is 3.23. The fraction of sp³-hybridized carbons (Fsp3) is 0.714. The van der Waals surface area contributed by atoms with E-state index < -0.39 is 0 Å². The highest BCUT2D eigenvalue weighted by Gasteiger charge is 2.36. The Labute approximate surface area is 114 Å². The van der Waals surface area contributed by atoms with Gasteiger partial charge in [0.1, 0.15) is 5.76 Å². The monoisotopic (exact) mass is 264 g/mol. The van der Waals surface area contributed by atoms with E-state index in [1.807, 2.05) is 13.8 Å². The highest BCUT2D eigenvalue weighted by atomic mass is 16.4. The largest absolute Gasteiger partial charge is 0.444 e. The van der Waals surface area contributed by atoms with Crippen LogP contribution in [0.5, 0.6) is 0 Å². The number of aryl methyl sites for hydroxylation is 2. The van der Waals surface area contributed by atoms with Gasteiger partial charge < -0.3 is 15.1 Å². The lowest BCUT2D eigenvalue weighted by atomic mass is 10.2. The van der Waals surface area contributed by atoms with Gasteiger partial charge in [0.25, 0.3) is 0 Å². The Kier molecular flexibility index (Phi) is 4.45. The van der Waals surface area contributed by atoms with Crippen LogP contribution in [0.4, 0.5) is 0 Å². The van der Waals surface area contributed by atoms with Gasteiger partial charge in [-0.3, -0.25) is 4.99 Å². The molecule has 0 amide bonds. The van der Waals surface area contributed by atoms with Gasteiger partial charge in [0.05, 0.1) is 12.2 Å². The van der Waals surface area contributed by atoms with E-state index in [4.69, 9.17) is 4.42 Å². The quantitative estimate of drug-likeness (QED) is 0.632. The van der Waals surface area contributed by atoms with Crippen molar-refractivity contribution in [2.75, 3.05) is 7.05 Å². The molecule has 2 atom stereocenters. The SMILES string of the molecule is CCCC1CC1NC(=NC)NCc1nc(C)c(C)o1. The van der Waals surface area contributed by atoms with E-state index in [9.17, 15) is 0 Å². The molecule has 0 bridgehead atoms. The van der Waals surface area contributed by atoms with Crippen LogP contribution >= 0.6 is 0 Å². The van der Waals surface area contributed by atoms with Gasteiger partial charge in [-0.1, -0.05) is 13.3 Å². The standard InChI is InChI=1S/C14H24N4O/c1-5-6-11-7-12(11)18-14(15-4)16-8-13-17-9(2)10(3)19-13/h11-12H,5-8H2,1-4H3,(H2,15,16,18). The summed E-state index contributed by atoms with van der Waals surface area (Å²) >= 11 is 0. The molecule has 1 aliphatic carbocycles. The van der Waals surface area contributed by atoms with Gasteiger partial charge >= 0.3 is 0 Å². The van der Waals surface area contributed by atoms with Gasteiger partial charge in [0, 0.05) is 13.1 Å². The van der Waals surface area contributed by atoms with E-state index in [-0.39, 0.29) is 0 Å². The van der Waals surface area contributed by atoms with E-state index in [0.717, 1.165) is 23.3 Å². The van der Waals surface area contributed by atoms with Crippen molar-refractivity contribution < 1.29 is 4.42 Å². The van der Waals surface area contributed by atoms with Crippen molar-refractivity contribution in [1.82, 2.24) is 15.6 Å². The van der Waals surface area contributed by atoms with Crippen molar-refractivity contribution >= 4 is 5.96 Å². The van der Waals surface area contributed by atoms with Crippen LogP contribution in [0.1, 0.15) is 43.5 Å². The Morgan fingerprint density at radius 2 is 2.26 bits per heavy atom. The summed E-state index contributed by atoms with van der Waals surface area (Å²) < 4.78 is 5.53. The molecular formula is C14H24N4O. The van der Waals surface area contributed by atoms with Crippen LogP contribution in [-0.2, 0) is 6.54 Å². The lowest BCUT2D eigenvalue weighted by Crippen LogP contribution is -2.38. The van der Waals surface area contributed by atoms with Crippen molar-refractivity contribution in [3.63, 3.8) is 0 Å². The molecule has 1 saturated carbocycles. The summed E-state index contributed by atoms with van der Waals surface area (Å²) in [6.07, 6.45) is 3.81. The number of hydrogen-bond donors (Lipinski definition) is 2. The number of hydrogen-bond acceptors (Lipinski definition) is 3. The fourth-order valence-corrected chi connectivity index (χ4v) is 2.26. The smallest absolute Gasteiger partial charge is 0.214 e. The summed E-state index contributed by atoms with van der Waals surface area (Å²) in [6.45, 7) is 6.68. The zero-order chi connectivity index (χ0) is 13.8. The average molecular weight is 264 g/mol. The first-order chi connectivity index (χ1) is 9.13. The van der Waals surface area contributed by atoms with Gasteiger partial charge in [-0.15, -0.1) is 0 Å². The third kappa shape index (κ3) is 3.72. The number of oxazole rings is 1. The first-order valence-electron chi connectivity index (χ1n) is 7.04. The van der Waals surface area contributed by atoms with Crippen molar-refractivity contribution in [2.24, 2.45) is 10.9 Å². The van der Waals surface area contributed by atoms with Gasteiger partial charge in [-0.05, 0) is 32.6 Å². The molecule has 5 nitrogen and oxygen atoms in total. The van der Waals surface area contributed by atoms with Crippen LogP contribution in [0.15, 0.2) is 9.41 Å². The molecule has 1 aromatic heterocycles. The molecule has 2 unspecified atom stereocenters. The topological polar surface area (TPSA) is 62.5 Å². The Morgan fingerprint density at radius 1 is 1.47 bits per heavy atom. The molecule has 19 heavy (non-hydrogen) atoms. The third-order valence-corrected chi connectivity index (χ3v) is 3.61. The Balaban J connectivity index is 1.77. The molecule has 5 heteroatoms. The predicted octanol–water partition coefficient (Wildman–Crippen LogP) is 2.15. The van der Waals surface area contributed by atoms with E-state index in [1.54, 1.807) is 7.05 Å². The van der Waals surface area contributed by atoms with Gasteiger partial charge in [0.15, 0.2) is 5.96 Å². The molecule has 1 fully saturated rings. The highest BCUT2D eigenvalue weighted by molar-refractivity contribution is 5.80.